The molecule has 90 valence electrons. The van der Waals surface area contributed by atoms with Crippen LogP contribution in [0.25, 0.3) is 0 Å². The molecule has 1 N–H and O–H groups in total. The van der Waals surface area contributed by atoms with E-state index >= 15 is 0 Å². The molecule has 2 heterocycles. The summed E-state index contributed by atoms with van der Waals surface area (Å²) >= 11 is 0. The van der Waals surface area contributed by atoms with Crippen LogP contribution in [-0.4, -0.2) is 47.4 Å². The highest BCUT2D eigenvalue weighted by molar-refractivity contribution is 5.02. The van der Waals surface area contributed by atoms with E-state index in [0.29, 0.717) is 0 Å². The number of rotatable bonds is 3. The van der Waals surface area contributed by atoms with Gasteiger partial charge in [0.2, 0.25) is 0 Å². The monoisotopic (exact) mass is 222 g/mol. The lowest BCUT2D eigenvalue weighted by Gasteiger charge is -2.35. The lowest BCUT2D eigenvalue weighted by molar-refractivity contribution is 0.154. The van der Waals surface area contributed by atoms with Crippen molar-refractivity contribution in [3.8, 4) is 0 Å². The Hall–Kier alpha value is -0.870. The summed E-state index contributed by atoms with van der Waals surface area (Å²) in [6.45, 7) is 12.2. The van der Waals surface area contributed by atoms with Gasteiger partial charge in [0.25, 0.3) is 0 Å². The molecule has 0 aliphatic carbocycles. The third-order valence-corrected chi connectivity index (χ3v) is 3.15. The molecular weight excluding hydrogens is 200 g/mol. The summed E-state index contributed by atoms with van der Waals surface area (Å²) in [4.78, 5) is 2.51. The first kappa shape index (κ1) is 11.6. The normalized spacial score (nSPS) is 18.9. The Labute approximate surface area is 97.6 Å². The quantitative estimate of drug-likeness (QED) is 0.822. The molecule has 0 aromatic carbocycles. The van der Waals surface area contributed by atoms with Crippen molar-refractivity contribution in [2.45, 2.75) is 26.3 Å². The first-order valence-corrected chi connectivity index (χ1v) is 6.03. The van der Waals surface area contributed by atoms with Gasteiger partial charge in [-0.1, -0.05) is 0 Å². The van der Waals surface area contributed by atoms with Crippen molar-refractivity contribution in [2.75, 3.05) is 32.7 Å². The highest BCUT2D eigenvalue weighted by Crippen LogP contribution is 2.16. The molecule has 0 bridgehead atoms. The van der Waals surface area contributed by atoms with Crippen LogP contribution in [0.3, 0.4) is 0 Å². The van der Waals surface area contributed by atoms with Gasteiger partial charge in [0.1, 0.15) is 0 Å². The number of nitrogens with one attached hydrogen (secondary N) is 1. The maximum atomic E-state index is 4.43. The minimum absolute atomic E-state index is 0.0750. The average Bonchev–Trinajstić information content (AvgIpc) is 2.66. The van der Waals surface area contributed by atoms with E-state index in [1.807, 2.05) is 6.20 Å². The number of piperazine rings is 1. The maximum Gasteiger partial charge on any atom is 0.0698 e. The van der Waals surface area contributed by atoms with Crippen molar-refractivity contribution in [1.82, 2.24) is 20.0 Å². The average molecular weight is 222 g/mol. The molecule has 4 heteroatoms. The number of hydrogen-bond donors (Lipinski definition) is 1. The van der Waals surface area contributed by atoms with Gasteiger partial charge in [-0.3, -0.25) is 9.58 Å². The molecule has 1 aliphatic heterocycles. The van der Waals surface area contributed by atoms with Crippen LogP contribution in [0, 0.1) is 6.92 Å². The molecule has 0 unspecified atom stereocenters. The van der Waals surface area contributed by atoms with E-state index in [2.05, 4.69) is 47.0 Å². The summed E-state index contributed by atoms with van der Waals surface area (Å²) < 4.78 is 2.09. The second-order valence-corrected chi connectivity index (χ2v) is 5.30. The zero-order valence-electron chi connectivity index (χ0n) is 10.5. The highest BCUT2D eigenvalue weighted by atomic mass is 15.3. The van der Waals surface area contributed by atoms with E-state index in [1.54, 1.807) is 0 Å². The Morgan fingerprint density at radius 3 is 2.62 bits per heavy atom. The largest absolute Gasteiger partial charge is 0.314 e. The minimum Gasteiger partial charge on any atom is -0.314 e. The molecule has 1 fully saturated rings. The fourth-order valence-electron chi connectivity index (χ4n) is 2.23. The van der Waals surface area contributed by atoms with Gasteiger partial charge in [0.05, 0.1) is 11.7 Å². The number of hydrogen-bond acceptors (Lipinski definition) is 3. The number of aromatic nitrogens is 2. The van der Waals surface area contributed by atoms with Crippen molar-refractivity contribution in [3.63, 3.8) is 0 Å². The predicted molar refractivity (Wildman–Crippen MR) is 65.6 cm³/mol. The molecule has 16 heavy (non-hydrogen) atoms. The Morgan fingerprint density at radius 1 is 1.38 bits per heavy atom. The lowest BCUT2D eigenvalue weighted by atomic mass is 10.0. The van der Waals surface area contributed by atoms with Crippen LogP contribution in [-0.2, 0) is 5.54 Å². The minimum atomic E-state index is 0.0750. The van der Waals surface area contributed by atoms with Gasteiger partial charge >= 0.3 is 0 Å². The Morgan fingerprint density at radius 2 is 2.06 bits per heavy atom. The van der Waals surface area contributed by atoms with Gasteiger partial charge < -0.3 is 5.32 Å². The summed E-state index contributed by atoms with van der Waals surface area (Å²) in [6.07, 6.45) is 4.06. The van der Waals surface area contributed by atoms with Crippen LogP contribution in [0.1, 0.15) is 19.4 Å². The summed E-state index contributed by atoms with van der Waals surface area (Å²) in [5, 5.41) is 7.81. The van der Waals surface area contributed by atoms with Gasteiger partial charge in [-0.25, -0.2) is 0 Å². The summed E-state index contributed by atoms with van der Waals surface area (Å²) in [6, 6.07) is 0. The van der Waals surface area contributed by atoms with Crippen molar-refractivity contribution in [2.24, 2.45) is 0 Å². The summed E-state index contributed by atoms with van der Waals surface area (Å²) in [5.41, 5.74) is 1.30. The zero-order valence-corrected chi connectivity index (χ0v) is 10.5. The molecule has 1 saturated heterocycles. The van der Waals surface area contributed by atoms with E-state index < -0.39 is 0 Å². The van der Waals surface area contributed by atoms with Gasteiger partial charge in [0.15, 0.2) is 0 Å². The van der Waals surface area contributed by atoms with Crippen LogP contribution >= 0.6 is 0 Å². The molecule has 0 atom stereocenters. The molecule has 2 rings (SSSR count). The van der Waals surface area contributed by atoms with Gasteiger partial charge in [-0.05, 0) is 26.3 Å². The smallest absolute Gasteiger partial charge is 0.0698 e. The standard InChI is InChI=1S/C12H22N4/c1-11-8-14-16(9-11)12(2,3)10-15-6-4-13-5-7-15/h8-9,13H,4-7,10H2,1-3H3. The van der Waals surface area contributed by atoms with Gasteiger partial charge in [-0.15, -0.1) is 0 Å². The van der Waals surface area contributed by atoms with Crippen LogP contribution in [0.2, 0.25) is 0 Å². The van der Waals surface area contributed by atoms with Crippen LogP contribution in [0.4, 0.5) is 0 Å². The van der Waals surface area contributed by atoms with Gasteiger partial charge in [0, 0.05) is 38.9 Å². The molecule has 0 spiro atoms. The third kappa shape index (κ3) is 2.62. The Kier molecular flexibility index (Phi) is 3.30. The second kappa shape index (κ2) is 4.55. The van der Waals surface area contributed by atoms with Crippen molar-refractivity contribution < 1.29 is 0 Å². The molecule has 0 saturated carbocycles. The topological polar surface area (TPSA) is 33.1 Å². The van der Waals surface area contributed by atoms with Crippen LogP contribution in [0.15, 0.2) is 12.4 Å². The number of aryl methyl sites for hydroxylation is 1. The predicted octanol–water partition coefficient (Wildman–Crippen LogP) is 0.832. The van der Waals surface area contributed by atoms with Crippen LogP contribution in [0.5, 0.6) is 0 Å². The van der Waals surface area contributed by atoms with Crippen molar-refractivity contribution >= 4 is 0 Å². The lowest BCUT2D eigenvalue weighted by Crippen LogP contribution is -2.49. The third-order valence-electron chi connectivity index (χ3n) is 3.15. The fraction of sp³-hybridized carbons (Fsp3) is 0.750. The molecule has 1 aliphatic rings. The van der Waals surface area contributed by atoms with E-state index in [0.717, 1.165) is 32.7 Å². The van der Waals surface area contributed by atoms with E-state index in [4.69, 9.17) is 0 Å². The molecule has 1 aromatic heterocycles. The van der Waals surface area contributed by atoms with E-state index in [1.165, 1.54) is 5.56 Å². The zero-order chi connectivity index (χ0) is 11.6. The SMILES string of the molecule is Cc1cnn(C(C)(C)CN2CCNCC2)c1. The summed E-state index contributed by atoms with van der Waals surface area (Å²) in [5.74, 6) is 0. The first-order valence-electron chi connectivity index (χ1n) is 6.03. The molecular formula is C12H22N4. The highest BCUT2D eigenvalue weighted by Gasteiger charge is 2.25. The van der Waals surface area contributed by atoms with Crippen LogP contribution < -0.4 is 5.32 Å². The number of nitrogens with zero attached hydrogens (tertiary/aromatic N) is 3. The van der Waals surface area contributed by atoms with Crippen molar-refractivity contribution in [3.05, 3.63) is 18.0 Å². The van der Waals surface area contributed by atoms with E-state index in [9.17, 15) is 0 Å². The molecule has 0 radical (unpaired) electrons. The second-order valence-electron chi connectivity index (χ2n) is 5.30. The van der Waals surface area contributed by atoms with Gasteiger partial charge in [-0.2, -0.15) is 5.10 Å². The van der Waals surface area contributed by atoms with E-state index in [-0.39, 0.29) is 5.54 Å². The fourth-order valence-corrected chi connectivity index (χ4v) is 2.23. The summed E-state index contributed by atoms with van der Waals surface area (Å²) in [7, 11) is 0. The van der Waals surface area contributed by atoms with Crippen molar-refractivity contribution in [1.29, 1.82) is 0 Å². The molecule has 0 amide bonds. The first-order chi connectivity index (χ1) is 7.58. The maximum absolute atomic E-state index is 4.43. The molecule has 4 nitrogen and oxygen atoms in total. The molecule has 1 aromatic rings. The Balaban J connectivity index is 2.01. The Bertz CT molecular complexity index is 337.